The summed E-state index contributed by atoms with van der Waals surface area (Å²) in [5, 5.41) is 3.18. The van der Waals surface area contributed by atoms with E-state index in [0.717, 1.165) is 5.56 Å². The molecular weight excluding hydrogens is 283 g/mol. The number of ether oxygens (including phenoxy) is 1. The number of alkyl halides is 3. The van der Waals surface area contributed by atoms with Gasteiger partial charge in [0.1, 0.15) is 0 Å². The first kappa shape index (κ1) is 15.1. The van der Waals surface area contributed by atoms with E-state index in [1.165, 1.54) is 12.3 Å². The normalized spacial score (nSPS) is 12.8. The largest absolute Gasteiger partial charge is 0.468 e. The Labute approximate surface area is 120 Å². The van der Waals surface area contributed by atoms with Crippen LogP contribution < -0.4 is 10.1 Å². The third-order valence-electron chi connectivity index (χ3n) is 2.69. The van der Waals surface area contributed by atoms with Crippen molar-refractivity contribution in [2.24, 2.45) is 0 Å². The maximum absolute atomic E-state index is 12.0. The van der Waals surface area contributed by atoms with Gasteiger partial charge < -0.3 is 10.1 Å². The lowest BCUT2D eigenvalue weighted by atomic mass is 10.1. The fourth-order valence-corrected chi connectivity index (χ4v) is 1.67. The van der Waals surface area contributed by atoms with E-state index in [9.17, 15) is 13.2 Å². The average molecular weight is 297 g/mol. The van der Waals surface area contributed by atoms with Gasteiger partial charge in [-0.3, -0.25) is 4.98 Å². The third kappa shape index (κ3) is 4.94. The van der Waals surface area contributed by atoms with Crippen molar-refractivity contribution in [2.75, 3.05) is 11.9 Å². The Bertz CT molecular complexity index is 558. The summed E-state index contributed by atoms with van der Waals surface area (Å²) in [5.74, 6) is -0.0631. The highest BCUT2D eigenvalue weighted by Gasteiger charge is 2.28. The van der Waals surface area contributed by atoms with E-state index in [-0.39, 0.29) is 11.9 Å². The number of hydrogen-bond acceptors (Lipinski definition) is 4. The summed E-state index contributed by atoms with van der Waals surface area (Å²) >= 11 is 0. The van der Waals surface area contributed by atoms with E-state index in [0.29, 0.717) is 5.69 Å². The van der Waals surface area contributed by atoms with Gasteiger partial charge in [-0.25, -0.2) is 4.98 Å². The van der Waals surface area contributed by atoms with E-state index in [1.807, 2.05) is 19.1 Å². The second-order valence-electron chi connectivity index (χ2n) is 4.44. The minimum atomic E-state index is -4.37. The molecule has 2 heterocycles. The van der Waals surface area contributed by atoms with Crippen LogP contribution in [0.5, 0.6) is 5.88 Å². The van der Waals surface area contributed by atoms with Crippen molar-refractivity contribution in [3.63, 3.8) is 0 Å². The Morgan fingerprint density at radius 3 is 2.62 bits per heavy atom. The minimum absolute atomic E-state index is 0.00226. The van der Waals surface area contributed by atoms with Gasteiger partial charge in [-0.1, -0.05) is 6.07 Å². The van der Waals surface area contributed by atoms with Crippen LogP contribution in [-0.2, 0) is 0 Å². The van der Waals surface area contributed by atoms with Gasteiger partial charge in [0.15, 0.2) is 6.61 Å². The molecule has 0 aliphatic rings. The van der Waals surface area contributed by atoms with Gasteiger partial charge in [0.05, 0.1) is 17.9 Å². The second kappa shape index (κ2) is 6.43. The molecule has 0 aromatic carbocycles. The second-order valence-corrected chi connectivity index (χ2v) is 4.44. The quantitative estimate of drug-likeness (QED) is 0.916. The van der Waals surface area contributed by atoms with Crippen LogP contribution in [0.2, 0.25) is 0 Å². The maximum Gasteiger partial charge on any atom is 0.422 e. The van der Waals surface area contributed by atoms with Gasteiger partial charge in [-0.2, -0.15) is 13.2 Å². The average Bonchev–Trinajstić information content (AvgIpc) is 2.46. The highest BCUT2D eigenvalue weighted by molar-refractivity contribution is 5.44. The van der Waals surface area contributed by atoms with Crippen molar-refractivity contribution in [3.8, 4) is 5.88 Å². The zero-order valence-electron chi connectivity index (χ0n) is 11.3. The van der Waals surface area contributed by atoms with E-state index in [4.69, 9.17) is 0 Å². The summed E-state index contributed by atoms with van der Waals surface area (Å²) in [7, 11) is 0. The molecule has 1 atom stereocenters. The smallest absolute Gasteiger partial charge is 0.422 e. The first-order chi connectivity index (χ1) is 9.94. The summed E-state index contributed by atoms with van der Waals surface area (Å²) in [6, 6.07) is 6.77. The van der Waals surface area contributed by atoms with Crippen LogP contribution in [0.15, 0.2) is 42.9 Å². The van der Waals surface area contributed by atoms with E-state index in [1.54, 1.807) is 18.5 Å². The highest BCUT2D eigenvalue weighted by Crippen LogP contribution is 2.20. The number of halogens is 3. The molecule has 2 aromatic rings. The number of nitrogens with one attached hydrogen (secondary N) is 1. The first-order valence-electron chi connectivity index (χ1n) is 6.26. The van der Waals surface area contributed by atoms with Crippen LogP contribution in [0.4, 0.5) is 18.9 Å². The van der Waals surface area contributed by atoms with Crippen LogP contribution in [-0.4, -0.2) is 22.8 Å². The molecule has 2 rings (SSSR count). The molecule has 0 saturated carbocycles. The van der Waals surface area contributed by atoms with Gasteiger partial charge in [-0.15, -0.1) is 0 Å². The Balaban J connectivity index is 1.93. The lowest BCUT2D eigenvalue weighted by molar-refractivity contribution is -0.154. The number of aromatic nitrogens is 2. The standard InChI is InChI=1S/C14H14F3N3O/c1-10(11-3-2-6-18-7-11)20-12-4-5-13(19-8-12)21-9-14(15,16)17/h2-8,10,20H,9H2,1H3. The van der Waals surface area contributed by atoms with Crippen LogP contribution in [0.3, 0.4) is 0 Å². The molecule has 112 valence electrons. The number of anilines is 1. The molecule has 21 heavy (non-hydrogen) atoms. The van der Waals surface area contributed by atoms with Crippen LogP contribution >= 0.6 is 0 Å². The molecule has 0 bridgehead atoms. The summed E-state index contributed by atoms with van der Waals surface area (Å²) in [6.45, 7) is 0.601. The van der Waals surface area contributed by atoms with Crippen LogP contribution in [0, 0.1) is 0 Å². The molecule has 0 spiro atoms. The van der Waals surface area contributed by atoms with Crippen molar-refractivity contribution in [1.82, 2.24) is 9.97 Å². The highest BCUT2D eigenvalue weighted by atomic mass is 19.4. The van der Waals surface area contributed by atoms with E-state index < -0.39 is 12.8 Å². The molecule has 0 aliphatic carbocycles. The monoisotopic (exact) mass is 297 g/mol. The lowest BCUT2D eigenvalue weighted by Crippen LogP contribution is -2.19. The topological polar surface area (TPSA) is 47.0 Å². The first-order valence-corrected chi connectivity index (χ1v) is 6.26. The molecule has 2 aromatic heterocycles. The van der Waals surface area contributed by atoms with Crippen molar-refractivity contribution < 1.29 is 17.9 Å². The summed E-state index contributed by atoms with van der Waals surface area (Å²) in [4.78, 5) is 7.85. The molecule has 1 N–H and O–H groups in total. The number of hydrogen-bond donors (Lipinski definition) is 1. The number of rotatable bonds is 5. The predicted octanol–water partition coefficient (Wildman–Crippen LogP) is 3.59. The van der Waals surface area contributed by atoms with Gasteiger partial charge in [0, 0.05) is 18.5 Å². The molecule has 1 unspecified atom stereocenters. The summed E-state index contributed by atoms with van der Waals surface area (Å²) in [5.41, 5.74) is 1.68. The van der Waals surface area contributed by atoms with Crippen molar-refractivity contribution in [2.45, 2.75) is 19.1 Å². The van der Waals surface area contributed by atoms with Crippen molar-refractivity contribution >= 4 is 5.69 Å². The summed E-state index contributed by atoms with van der Waals surface area (Å²) in [6.07, 6.45) is 0.489. The molecule has 7 heteroatoms. The maximum atomic E-state index is 12.0. The molecule has 0 aliphatic heterocycles. The Morgan fingerprint density at radius 2 is 2.05 bits per heavy atom. The Morgan fingerprint density at radius 1 is 1.24 bits per heavy atom. The molecule has 0 saturated heterocycles. The van der Waals surface area contributed by atoms with E-state index in [2.05, 4.69) is 20.0 Å². The van der Waals surface area contributed by atoms with Crippen molar-refractivity contribution in [1.29, 1.82) is 0 Å². The Kier molecular flexibility index (Phi) is 4.62. The van der Waals surface area contributed by atoms with E-state index >= 15 is 0 Å². The van der Waals surface area contributed by atoms with Crippen LogP contribution in [0.1, 0.15) is 18.5 Å². The number of nitrogens with zero attached hydrogens (tertiary/aromatic N) is 2. The summed E-state index contributed by atoms with van der Waals surface area (Å²) < 4.78 is 40.6. The Hall–Kier alpha value is -2.31. The molecular formula is C14H14F3N3O. The lowest BCUT2D eigenvalue weighted by Gasteiger charge is -2.15. The van der Waals surface area contributed by atoms with Gasteiger partial charge in [0.2, 0.25) is 5.88 Å². The molecule has 4 nitrogen and oxygen atoms in total. The zero-order valence-corrected chi connectivity index (χ0v) is 11.3. The number of pyridine rings is 2. The third-order valence-corrected chi connectivity index (χ3v) is 2.69. The van der Waals surface area contributed by atoms with Gasteiger partial charge >= 0.3 is 6.18 Å². The predicted molar refractivity (Wildman–Crippen MR) is 72.1 cm³/mol. The minimum Gasteiger partial charge on any atom is -0.468 e. The fourth-order valence-electron chi connectivity index (χ4n) is 1.67. The molecule has 0 radical (unpaired) electrons. The zero-order chi connectivity index (χ0) is 15.3. The van der Waals surface area contributed by atoms with Crippen molar-refractivity contribution in [3.05, 3.63) is 48.4 Å². The fraction of sp³-hybridized carbons (Fsp3) is 0.286. The van der Waals surface area contributed by atoms with Gasteiger partial charge in [0.25, 0.3) is 0 Å². The van der Waals surface area contributed by atoms with Gasteiger partial charge in [-0.05, 0) is 24.6 Å². The SMILES string of the molecule is CC(Nc1ccc(OCC(F)(F)F)nc1)c1cccnc1. The molecule has 0 fully saturated rings. The molecule has 0 amide bonds. The van der Waals surface area contributed by atoms with Crippen LogP contribution in [0.25, 0.3) is 0 Å².